The highest BCUT2D eigenvalue weighted by atomic mass is 32.2. The van der Waals surface area contributed by atoms with E-state index in [1.54, 1.807) is 11.9 Å². The molecule has 140 valence electrons. The Kier molecular flexibility index (Phi) is 5.60. The maximum absolute atomic E-state index is 5.71. The van der Waals surface area contributed by atoms with Gasteiger partial charge >= 0.3 is 0 Å². The van der Waals surface area contributed by atoms with Gasteiger partial charge in [0, 0.05) is 12.6 Å². The van der Waals surface area contributed by atoms with Crippen LogP contribution in [-0.2, 0) is 11.2 Å². The fourth-order valence-electron chi connectivity index (χ4n) is 3.51. The van der Waals surface area contributed by atoms with Crippen molar-refractivity contribution in [2.45, 2.75) is 11.2 Å². The molecular weight excluding hydrogens is 362 g/mol. The Morgan fingerprint density at radius 3 is 1.64 bits per heavy atom. The van der Waals surface area contributed by atoms with E-state index < -0.39 is 4.75 Å². The molecule has 1 heterocycles. The second kappa shape index (κ2) is 8.46. The van der Waals surface area contributed by atoms with Gasteiger partial charge in [0.25, 0.3) is 0 Å². The summed E-state index contributed by atoms with van der Waals surface area (Å²) in [6.45, 7) is 0.600. The first-order valence-corrected chi connectivity index (χ1v) is 10.2. The number of imidazole rings is 1. The van der Waals surface area contributed by atoms with Crippen molar-refractivity contribution < 1.29 is 0 Å². The summed E-state index contributed by atoms with van der Waals surface area (Å²) in [4.78, 5) is 4.53. The van der Waals surface area contributed by atoms with Gasteiger partial charge in [0.15, 0.2) is 0 Å². The SMILES string of the molecule is NCCc1cn(SC(c2ccccc2)(c2ccccc2)c2ccccc2)cn1. The molecule has 0 radical (unpaired) electrons. The average Bonchev–Trinajstić information content (AvgIpc) is 3.21. The van der Waals surface area contributed by atoms with Crippen molar-refractivity contribution in [3.8, 4) is 0 Å². The van der Waals surface area contributed by atoms with E-state index in [1.165, 1.54) is 16.7 Å². The minimum atomic E-state index is -0.398. The van der Waals surface area contributed by atoms with Crippen LogP contribution >= 0.6 is 11.9 Å². The predicted molar refractivity (Wildman–Crippen MR) is 117 cm³/mol. The highest BCUT2D eigenvalue weighted by molar-refractivity contribution is 7.99. The van der Waals surface area contributed by atoms with Crippen molar-refractivity contribution in [3.05, 3.63) is 126 Å². The van der Waals surface area contributed by atoms with Crippen molar-refractivity contribution in [1.29, 1.82) is 0 Å². The van der Waals surface area contributed by atoms with Crippen LogP contribution in [0.1, 0.15) is 22.4 Å². The molecule has 4 heteroatoms. The van der Waals surface area contributed by atoms with Gasteiger partial charge in [0.1, 0.15) is 11.1 Å². The van der Waals surface area contributed by atoms with E-state index in [9.17, 15) is 0 Å². The second-order valence-corrected chi connectivity index (χ2v) is 7.85. The highest BCUT2D eigenvalue weighted by Crippen LogP contribution is 2.48. The number of benzene rings is 3. The fourth-order valence-corrected chi connectivity index (χ4v) is 4.82. The molecule has 0 saturated heterocycles. The van der Waals surface area contributed by atoms with Gasteiger partial charge in [0.05, 0.1) is 5.69 Å². The molecule has 0 spiro atoms. The van der Waals surface area contributed by atoms with Crippen LogP contribution in [-0.4, -0.2) is 15.5 Å². The van der Waals surface area contributed by atoms with E-state index in [4.69, 9.17) is 5.73 Å². The number of hydrogen-bond acceptors (Lipinski definition) is 3. The molecule has 0 atom stereocenters. The minimum Gasteiger partial charge on any atom is -0.330 e. The summed E-state index contributed by atoms with van der Waals surface area (Å²) in [5.41, 5.74) is 10.4. The van der Waals surface area contributed by atoms with Crippen LogP contribution < -0.4 is 5.73 Å². The van der Waals surface area contributed by atoms with Crippen molar-refractivity contribution in [2.24, 2.45) is 5.73 Å². The Balaban J connectivity index is 1.92. The molecular formula is C24H23N3S. The molecule has 0 aliphatic heterocycles. The second-order valence-electron chi connectivity index (χ2n) is 6.63. The first-order chi connectivity index (χ1) is 13.8. The van der Waals surface area contributed by atoms with Gasteiger partial charge in [-0.15, -0.1) is 0 Å². The molecule has 1 aromatic heterocycles. The van der Waals surface area contributed by atoms with Crippen LogP contribution in [0.5, 0.6) is 0 Å². The molecule has 4 aromatic rings. The van der Waals surface area contributed by atoms with Gasteiger partial charge in [-0.1, -0.05) is 91.0 Å². The first-order valence-electron chi connectivity index (χ1n) is 9.42. The van der Waals surface area contributed by atoms with Gasteiger partial charge in [-0.25, -0.2) is 4.98 Å². The molecule has 3 aromatic carbocycles. The summed E-state index contributed by atoms with van der Waals surface area (Å²) in [7, 11) is 0. The third kappa shape index (κ3) is 3.61. The maximum atomic E-state index is 5.71. The minimum absolute atomic E-state index is 0.398. The van der Waals surface area contributed by atoms with Crippen LogP contribution in [0.2, 0.25) is 0 Å². The third-order valence-electron chi connectivity index (χ3n) is 4.80. The van der Waals surface area contributed by atoms with Gasteiger partial charge in [-0.05, 0) is 35.2 Å². The molecule has 4 rings (SSSR count). The Morgan fingerprint density at radius 1 is 0.750 bits per heavy atom. The summed E-state index contributed by atoms with van der Waals surface area (Å²) in [6.07, 6.45) is 4.75. The molecule has 0 aliphatic rings. The van der Waals surface area contributed by atoms with E-state index in [0.29, 0.717) is 6.54 Å². The predicted octanol–water partition coefficient (Wildman–Crippen LogP) is 4.87. The van der Waals surface area contributed by atoms with E-state index >= 15 is 0 Å². The number of nitrogens with zero attached hydrogens (tertiary/aromatic N) is 2. The summed E-state index contributed by atoms with van der Waals surface area (Å²) >= 11 is 1.76. The molecule has 0 aliphatic carbocycles. The van der Waals surface area contributed by atoms with E-state index in [-0.39, 0.29) is 0 Å². The number of hydrogen-bond donors (Lipinski definition) is 1. The lowest BCUT2D eigenvalue weighted by atomic mass is 9.84. The highest BCUT2D eigenvalue weighted by Gasteiger charge is 2.38. The van der Waals surface area contributed by atoms with Crippen LogP contribution in [0.15, 0.2) is 104 Å². The van der Waals surface area contributed by atoms with Crippen molar-refractivity contribution in [1.82, 2.24) is 8.96 Å². The zero-order chi connectivity index (χ0) is 19.2. The molecule has 2 N–H and O–H groups in total. The molecule has 0 unspecified atom stereocenters. The Labute approximate surface area is 170 Å². The third-order valence-corrected chi connectivity index (χ3v) is 6.19. The van der Waals surface area contributed by atoms with Gasteiger partial charge in [0.2, 0.25) is 0 Å². The normalized spacial score (nSPS) is 11.5. The van der Waals surface area contributed by atoms with E-state index in [1.807, 2.05) is 6.33 Å². The summed E-state index contributed by atoms with van der Waals surface area (Å²) in [5, 5.41) is 0. The lowest BCUT2D eigenvalue weighted by Gasteiger charge is -2.35. The zero-order valence-electron chi connectivity index (χ0n) is 15.6. The lowest BCUT2D eigenvalue weighted by Crippen LogP contribution is -2.26. The van der Waals surface area contributed by atoms with Crippen LogP contribution in [0, 0.1) is 0 Å². The standard InChI is InChI=1S/C24H23N3S/c25-17-16-23-18-27(19-26-23)28-24(20-10-4-1-5-11-20,21-12-6-2-7-13-21)22-14-8-3-9-15-22/h1-15,18-19H,16-17,25H2. The molecule has 0 saturated carbocycles. The van der Waals surface area contributed by atoms with Crippen molar-refractivity contribution in [2.75, 3.05) is 6.54 Å². The summed E-state index contributed by atoms with van der Waals surface area (Å²) in [6, 6.07) is 32.0. The smallest absolute Gasteiger partial charge is 0.111 e. The Hall–Kier alpha value is -2.82. The van der Waals surface area contributed by atoms with Gasteiger partial charge < -0.3 is 5.73 Å². The van der Waals surface area contributed by atoms with E-state index in [2.05, 4.69) is 106 Å². The molecule has 0 amide bonds. The Bertz CT molecular complexity index is 901. The van der Waals surface area contributed by atoms with Crippen LogP contribution in [0.25, 0.3) is 0 Å². The van der Waals surface area contributed by atoms with Crippen LogP contribution in [0.3, 0.4) is 0 Å². The number of aromatic nitrogens is 2. The largest absolute Gasteiger partial charge is 0.330 e. The maximum Gasteiger partial charge on any atom is 0.111 e. The van der Waals surface area contributed by atoms with E-state index in [0.717, 1.165) is 12.1 Å². The molecule has 3 nitrogen and oxygen atoms in total. The average molecular weight is 386 g/mol. The molecule has 28 heavy (non-hydrogen) atoms. The summed E-state index contributed by atoms with van der Waals surface area (Å²) < 4.78 is 1.71. The summed E-state index contributed by atoms with van der Waals surface area (Å²) in [5.74, 6) is 0. The first kappa shape index (κ1) is 18.5. The quantitative estimate of drug-likeness (QED) is 0.462. The topological polar surface area (TPSA) is 43.8 Å². The van der Waals surface area contributed by atoms with Crippen molar-refractivity contribution in [3.63, 3.8) is 0 Å². The van der Waals surface area contributed by atoms with Gasteiger partial charge in [-0.2, -0.15) is 0 Å². The zero-order valence-corrected chi connectivity index (χ0v) is 16.4. The van der Waals surface area contributed by atoms with Gasteiger partial charge in [-0.3, -0.25) is 3.97 Å². The monoisotopic (exact) mass is 385 g/mol. The van der Waals surface area contributed by atoms with Crippen LogP contribution in [0.4, 0.5) is 0 Å². The molecule has 0 bridgehead atoms. The number of nitrogens with two attached hydrogens (primary N) is 1. The van der Waals surface area contributed by atoms with Crippen molar-refractivity contribution >= 4 is 11.9 Å². The lowest BCUT2D eigenvalue weighted by molar-refractivity contribution is 0.885. The fraction of sp³-hybridized carbons (Fsp3) is 0.125. The molecule has 0 fully saturated rings. The Morgan fingerprint density at radius 2 is 1.21 bits per heavy atom. The number of rotatable bonds is 7.